The quantitative estimate of drug-likeness (QED) is 0.871. The summed E-state index contributed by atoms with van der Waals surface area (Å²) >= 11 is 13.6. The van der Waals surface area contributed by atoms with Crippen molar-refractivity contribution in [3.63, 3.8) is 0 Å². The van der Waals surface area contributed by atoms with Crippen molar-refractivity contribution in [2.45, 2.75) is 26.4 Å². The molecule has 0 fully saturated rings. The van der Waals surface area contributed by atoms with Crippen LogP contribution in [0.25, 0.3) is 0 Å². The second-order valence-corrected chi connectivity index (χ2v) is 6.97. The largest absolute Gasteiger partial charge is 0.323 e. The highest BCUT2D eigenvalue weighted by atomic mass is 35.5. The predicted octanol–water partition coefficient (Wildman–Crippen LogP) is 4.22. The molecule has 0 bridgehead atoms. The van der Waals surface area contributed by atoms with Gasteiger partial charge in [0.25, 0.3) is 0 Å². The summed E-state index contributed by atoms with van der Waals surface area (Å²) in [6, 6.07) is 4.65. The van der Waals surface area contributed by atoms with Crippen molar-refractivity contribution in [2.75, 3.05) is 12.4 Å². The number of benzene rings is 1. The molecule has 1 atom stereocenters. The molecule has 1 aromatic heterocycles. The smallest absolute Gasteiger partial charge is 0.241 e. The third-order valence-electron chi connectivity index (χ3n) is 3.30. The molecular formula is C15H17Cl2N3OS. The van der Waals surface area contributed by atoms with Crippen molar-refractivity contribution in [1.29, 1.82) is 0 Å². The van der Waals surface area contributed by atoms with Gasteiger partial charge in [0, 0.05) is 16.9 Å². The van der Waals surface area contributed by atoms with Crippen LogP contribution in [0, 0.1) is 6.92 Å². The molecular weight excluding hydrogens is 341 g/mol. The van der Waals surface area contributed by atoms with Gasteiger partial charge in [-0.3, -0.25) is 9.69 Å². The first-order valence-corrected chi connectivity index (χ1v) is 8.37. The van der Waals surface area contributed by atoms with E-state index in [-0.39, 0.29) is 11.9 Å². The Kier molecular flexibility index (Phi) is 5.81. The average molecular weight is 358 g/mol. The first kappa shape index (κ1) is 17.2. The van der Waals surface area contributed by atoms with Gasteiger partial charge in [0.05, 0.1) is 27.5 Å². The zero-order valence-electron chi connectivity index (χ0n) is 12.6. The Labute approximate surface area is 144 Å². The van der Waals surface area contributed by atoms with Crippen LogP contribution >= 0.6 is 34.5 Å². The first-order chi connectivity index (χ1) is 10.4. The number of carbonyl (C=O) groups is 1. The van der Waals surface area contributed by atoms with Crippen LogP contribution in [0.3, 0.4) is 0 Å². The molecule has 4 nitrogen and oxygen atoms in total. The van der Waals surface area contributed by atoms with E-state index in [0.717, 1.165) is 10.7 Å². The van der Waals surface area contributed by atoms with Crippen molar-refractivity contribution >= 4 is 46.1 Å². The van der Waals surface area contributed by atoms with Gasteiger partial charge < -0.3 is 5.32 Å². The number of nitrogens with one attached hydrogen (secondary N) is 1. The Bertz CT molecular complexity index is 675. The van der Waals surface area contributed by atoms with Crippen LogP contribution in [0.5, 0.6) is 0 Å². The molecule has 0 aliphatic heterocycles. The van der Waals surface area contributed by atoms with Crippen molar-refractivity contribution in [3.05, 3.63) is 44.3 Å². The Morgan fingerprint density at radius 2 is 2.18 bits per heavy atom. The molecule has 0 saturated carbocycles. The summed E-state index contributed by atoms with van der Waals surface area (Å²) in [5.74, 6) is -0.140. The topological polar surface area (TPSA) is 45.2 Å². The lowest BCUT2D eigenvalue weighted by molar-refractivity contribution is -0.120. The third kappa shape index (κ3) is 4.43. The Hall–Kier alpha value is -1.14. The molecule has 2 aromatic rings. The molecule has 0 aliphatic rings. The fraction of sp³-hybridized carbons (Fsp3) is 0.333. The number of amides is 1. The van der Waals surface area contributed by atoms with Gasteiger partial charge in [0.15, 0.2) is 0 Å². The van der Waals surface area contributed by atoms with E-state index in [9.17, 15) is 4.79 Å². The number of aromatic nitrogens is 1. The van der Waals surface area contributed by atoms with Gasteiger partial charge in [-0.15, -0.1) is 11.3 Å². The zero-order valence-corrected chi connectivity index (χ0v) is 14.9. The molecule has 118 valence electrons. The number of nitrogens with zero attached hydrogens (tertiary/aromatic N) is 2. The van der Waals surface area contributed by atoms with Crippen LogP contribution < -0.4 is 5.32 Å². The summed E-state index contributed by atoms with van der Waals surface area (Å²) in [7, 11) is 1.89. The summed E-state index contributed by atoms with van der Waals surface area (Å²) in [5.41, 5.74) is 1.48. The second kappa shape index (κ2) is 7.42. The van der Waals surface area contributed by atoms with E-state index in [0.29, 0.717) is 22.3 Å². The van der Waals surface area contributed by atoms with E-state index in [4.69, 9.17) is 23.2 Å². The number of thiazole rings is 1. The standard InChI is InChI=1S/C15H17Cl2N3OS/c1-9(20(3)7-12-8-22-10(2)18-12)15(21)19-14-6-11(16)4-5-13(14)17/h4-6,8-9H,7H2,1-3H3,(H,19,21). The fourth-order valence-electron chi connectivity index (χ4n) is 1.90. The molecule has 0 spiro atoms. The summed E-state index contributed by atoms with van der Waals surface area (Å²) < 4.78 is 0. The Morgan fingerprint density at radius 1 is 1.45 bits per heavy atom. The Morgan fingerprint density at radius 3 is 2.82 bits per heavy atom. The maximum absolute atomic E-state index is 12.3. The highest BCUT2D eigenvalue weighted by Gasteiger charge is 2.20. The number of carbonyl (C=O) groups excluding carboxylic acids is 1. The minimum Gasteiger partial charge on any atom is -0.323 e. The molecule has 1 amide bonds. The van der Waals surface area contributed by atoms with Crippen molar-refractivity contribution < 1.29 is 4.79 Å². The van der Waals surface area contributed by atoms with Gasteiger partial charge in [-0.2, -0.15) is 0 Å². The van der Waals surface area contributed by atoms with E-state index in [2.05, 4.69) is 10.3 Å². The van der Waals surface area contributed by atoms with Crippen molar-refractivity contribution in [1.82, 2.24) is 9.88 Å². The van der Waals surface area contributed by atoms with Crippen LogP contribution in [-0.4, -0.2) is 28.9 Å². The van der Waals surface area contributed by atoms with E-state index in [1.807, 2.05) is 31.2 Å². The summed E-state index contributed by atoms with van der Waals surface area (Å²) in [6.45, 7) is 4.42. The normalized spacial score (nSPS) is 12.5. The summed E-state index contributed by atoms with van der Waals surface area (Å²) in [4.78, 5) is 18.7. The van der Waals surface area contributed by atoms with Gasteiger partial charge in [-0.1, -0.05) is 23.2 Å². The number of aryl methyl sites for hydroxylation is 1. The molecule has 0 radical (unpaired) electrons. The molecule has 0 saturated heterocycles. The number of anilines is 1. The SMILES string of the molecule is Cc1nc(CN(C)C(C)C(=O)Nc2cc(Cl)ccc2Cl)cs1. The zero-order chi connectivity index (χ0) is 16.3. The number of hydrogen-bond acceptors (Lipinski definition) is 4. The molecule has 1 unspecified atom stereocenters. The maximum atomic E-state index is 12.3. The van der Waals surface area contributed by atoms with Gasteiger partial charge in [-0.05, 0) is 39.1 Å². The lowest BCUT2D eigenvalue weighted by Gasteiger charge is -2.23. The molecule has 1 aromatic carbocycles. The molecule has 22 heavy (non-hydrogen) atoms. The summed E-state index contributed by atoms with van der Waals surface area (Å²) in [5, 5.41) is 6.82. The van der Waals surface area contributed by atoms with Crippen LogP contribution in [0.15, 0.2) is 23.6 Å². The maximum Gasteiger partial charge on any atom is 0.241 e. The van der Waals surface area contributed by atoms with Crippen molar-refractivity contribution in [2.24, 2.45) is 0 Å². The predicted molar refractivity (Wildman–Crippen MR) is 92.9 cm³/mol. The molecule has 2 rings (SSSR count). The van der Waals surface area contributed by atoms with E-state index >= 15 is 0 Å². The fourth-order valence-corrected chi connectivity index (χ4v) is 2.84. The monoisotopic (exact) mass is 357 g/mol. The van der Waals surface area contributed by atoms with Crippen LogP contribution in [-0.2, 0) is 11.3 Å². The van der Waals surface area contributed by atoms with Gasteiger partial charge in [0.1, 0.15) is 0 Å². The van der Waals surface area contributed by atoms with Gasteiger partial charge in [-0.25, -0.2) is 4.98 Å². The lowest BCUT2D eigenvalue weighted by Crippen LogP contribution is -2.39. The van der Waals surface area contributed by atoms with Crippen LogP contribution in [0.4, 0.5) is 5.69 Å². The van der Waals surface area contributed by atoms with Crippen LogP contribution in [0.1, 0.15) is 17.6 Å². The number of hydrogen-bond donors (Lipinski definition) is 1. The van der Waals surface area contributed by atoms with Crippen LogP contribution in [0.2, 0.25) is 10.0 Å². The molecule has 7 heteroatoms. The Balaban J connectivity index is 2.00. The first-order valence-electron chi connectivity index (χ1n) is 6.74. The lowest BCUT2D eigenvalue weighted by atomic mass is 10.2. The highest BCUT2D eigenvalue weighted by Crippen LogP contribution is 2.25. The number of rotatable bonds is 5. The molecule has 1 N–H and O–H groups in total. The third-order valence-corrected chi connectivity index (χ3v) is 4.69. The average Bonchev–Trinajstić information content (AvgIpc) is 2.87. The molecule has 1 heterocycles. The number of likely N-dealkylation sites (N-methyl/N-ethyl adjacent to an activating group) is 1. The highest BCUT2D eigenvalue weighted by molar-refractivity contribution is 7.09. The molecule has 0 aliphatic carbocycles. The van der Waals surface area contributed by atoms with E-state index < -0.39 is 0 Å². The van der Waals surface area contributed by atoms with Crippen molar-refractivity contribution in [3.8, 4) is 0 Å². The number of halogens is 2. The minimum absolute atomic E-state index is 0.140. The summed E-state index contributed by atoms with van der Waals surface area (Å²) in [6.07, 6.45) is 0. The van der Waals surface area contributed by atoms with Gasteiger partial charge >= 0.3 is 0 Å². The van der Waals surface area contributed by atoms with E-state index in [1.165, 1.54) is 0 Å². The second-order valence-electron chi connectivity index (χ2n) is 5.06. The van der Waals surface area contributed by atoms with E-state index in [1.54, 1.807) is 29.5 Å². The minimum atomic E-state index is -0.322. The van der Waals surface area contributed by atoms with Gasteiger partial charge in [0.2, 0.25) is 5.91 Å².